The van der Waals surface area contributed by atoms with Crippen LogP contribution in [-0.4, -0.2) is 37.6 Å². The zero-order valence-electron chi connectivity index (χ0n) is 18.2. The molecule has 0 fully saturated rings. The van der Waals surface area contributed by atoms with E-state index in [2.05, 4.69) is 15.0 Å². The van der Waals surface area contributed by atoms with Crippen molar-refractivity contribution in [1.29, 1.82) is 0 Å². The van der Waals surface area contributed by atoms with Crippen LogP contribution in [0.3, 0.4) is 0 Å². The van der Waals surface area contributed by atoms with Crippen LogP contribution in [0.25, 0.3) is 11.0 Å². The lowest BCUT2D eigenvalue weighted by atomic mass is 10.0. The number of methoxy groups -OCH3 is 2. The first-order valence-corrected chi connectivity index (χ1v) is 11.4. The Morgan fingerprint density at radius 3 is 2.56 bits per heavy atom. The number of benzene rings is 2. The Kier molecular flexibility index (Phi) is 5.79. The van der Waals surface area contributed by atoms with Gasteiger partial charge in [0.15, 0.2) is 11.4 Å². The summed E-state index contributed by atoms with van der Waals surface area (Å²) in [7, 11) is -1.08. The number of nitrogens with one attached hydrogen (secondary N) is 1. The molecule has 0 saturated heterocycles. The van der Waals surface area contributed by atoms with Crippen molar-refractivity contribution < 1.29 is 22.4 Å². The van der Waals surface area contributed by atoms with Crippen molar-refractivity contribution in [2.24, 2.45) is 0 Å². The van der Waals surface area contributed by atoms with Gasteiger partial charge in [0.2, 0.25) is 0 Å². The van der Waals surface area contributed by atoms with Crippen LogP contribution in [-0.2, 0) is 16.6 Å². The highest BCUT2D eigenvalue weighted by Crippen LogP contribution is 2.36. The predicted octanol–water partition coefficient (Wildman–Crippen LogP) is 4.01. The van der Waals surface area contributed by atoms with Crippen molar-refractivity contribution in [3.05, 3.63) is 59.9 Å². The van der Waals surface area contributed by atoms with Crippen LogP contribution in [0.5, 0.6) is 11.5 Å². The van der Waals surface area contributed by atoms with Gasteiger partial charge in [-0.15, -0.1) is 0 Å². The van der Waals surface area contributed by atoms with Crippen LogP contribution in [0.2, 0.25) is 0 Å². The standard InChI is InChI=1S/C22H24N4O5S/c1-14(2)16-6-7-17(29-3)20(12-16)32(27,28)25-22-21-18(30-4)10-15(11-19(21)31-24-22)13-26-9-5-8-23-26/h5-12,14H,13H2,1-4H3,(H,24,25). The molecule has 9 nitrogen and oxygen atoms in total. The maximum atomic E-state index is 13.3. The summed E-state index contributed by atoms with van der Waals surface area (Å²) in [5, 5.41) is 8.58. The fourth-order valence-electron chi connectivity index (χ4n) is 3.44. The lowest BCUT2D eigenvalue weighted by molar-refractivity contribution is 0.402. The molecule has 2 heterocycles. The van der Waals surface area contributed by atoms with Gasteiger partial charge in [0.25, 0.3) is 10.0 Å². The van der Waals surface area contributed by atoms with Gasteiger partial charge in [-0.3, -0.25) is 9.40 Å². The van der Waals surface area contributed by atoms with Crippen molar-refractivity contribution in [2.75, 3.05) is 18.9 Å². The Morgan fingerprint density at radius 2 is 1.91 bits per heavy atom. The molecule has 0 aliphatic rings. The third-order valence-corrected chi connectivity index (χ3v) is 6.46. The SMILES string of the molecule is COc1ccc(C(C)C)cc1S(=O)(=O)Nc1noc2cc(Cn3cccn3)cc(OC)c12. The predicted molar refractivity (Wildman–Crippen MR) is 120 cm³/mol. The summed E-state index contributed by atoms with van der Waals surface area (Å²) in [6, 6.07) is 10.5. The van der Waals surface area contributed by atoms with Gasteiger partial charge in [0.1, 0.15) is 21.8 Å². The Balaban J connectivity index is 1.74. The first-order valence-electron chi connectivity index (χ1n) is 9.97. The Labute approximate surface area is 186 Å². The minimum Gasteiger partial charge on any atom is -0.496 e. The van der Waals surface area contributed by atoms with Gasteiger partial charge in [0, 0.05) is 12.4 Å². The monoisotopic (exact) mass is 456 g/mol. The van der Waals surface area contributed by atoms with Crippen molar-refractivity contribution in [1.82, 2.24) is 14.9 Å². The number of nitrogens with zero attached hydrogens (tertiary/aromatic N) is 3. The lowest BCUT2D eigenvalue weighted by Gasteiger charge is -2.14. The summed E-state index contributed by atoms with van der Waals surface area (Å²) in [5.41, 5.74) is 2.14. The van der Waals surface area contributed by atoms with Crippen LogP contribution in [0.15, 0.2) is 58.2 Å². The number of ether oxygens (including phenoxy) is 2. The second-order valence-corrected chi connectivity index (χ2v) is 9.23. The van der Waals surface area contributed by atoms with Gasteiger partial charge in [-0.25, -0.2) is 8.42 Å². The van der Waals surface area contributed by atoms with Gasteiger partial charge in [-0.2, -0.15) is 5.10 Å². The van der Waals surface area contributed by atoms with Gasteiger partial charge >= 0.3 is 0 Å². The van der Waals surface area contributed by atoms with Crippen molar-refractivity contribution in [2.45, 2.75) is 31.2 Å². The molecule has 0 saturated carbocycles. The molecular formula is C22H24N4O5S. The number of anilines is 1. The molecule has 4 rings (SSSR count). The van der Waals surface area contributed by atoms with E-state index in [4.69, 9.17) is 14.0 Å². The van der Waals surface area contributed by atoms with E-state index >= 15 is 0 Å². The van der Waals surface area contributed by atoms with Crippen molar-refractivity contribution >= 4 is 26.8 Å². The van der Waals surface area contributed by atoms with E-state index in [0.717, 1.165) is 11.1 Å². The largest absolute Gasteiger partial charge is 0.496 e. The summed E-state index contributed by atoms with van der Waals surface area (Å²) in [4.78, 5) is 0.0246. The fourth-order valence-corrected chi connectivity index (χ4v) is 4.65. The van der Waals surface area contributed by atoms with Crippen LogP contribution < -0.4 is 14.2 Å². The van der Waals surface area contributed by atoms with Crippen molar-refractivity contribution in [3.63, 3.8) is 0 Å². The molecule has 0 unspecified atom stereocenters. The van der Waals surface area contributed by atoms with E-state index in [1.54, 1.807) is 35.1 Å². The van der Waals surface area contributed by atoms with Crippen LogP contribution >= 0.6 is 0 Å². The normalized spacial score (nSPS) is 11.8. The van der Waals surface area contributed by atoms with Gasteiger partial charge < -0.3 is 14.0 Å². The van der Waals surface area contributed by atoms with E-state index in [1.807, 2.05) is 32.2 Å². The number of fused-ring (bicyclic) bond motifs is 1. The van der Waals surface area contributed by atoms with E-state index in [-0.39, 0.29) is 22.4 Å². The highest BCUT2D eigenvalue weighted by Gasteiger charge is 2.25. The molecule has 0 spiro atoms. The summed E-state index contributed by atoms with van der Waals surface area (Å²) >= 11 is 0. The number of hydrogen-bond acceptors (Lipinski definition) is 7. The third kappa shape index (κ3) is 4.13. The average molecular weight is 457 g/mol. The average Bonchev–Trinajstić information content (AvgIpc) is 3.42. The first kappa shape index (κ1) is 21.7. The maximum absolute atomic E-state index is 13.3. The summed E-state index contributed by atoms with van der Waals surface area (Å²) in [5.74, 6) is 0.866. The molecule has 0 bridgehead atoms. The van der Waals surface area contributed by atoms with Gasteiger partial charge in [0.05, 0.1) is 20.8 Å². The molecule has 2 aromatic carbocycles. The Hall–Kier alpha value is -3.53. The van der Waals surface area contributed by atoms with Gasteiger partial charge in [-0.1, -0.05) is 25.1 Å². The quantitative estimate of drug-likeness (QED) is 0.427. The van der Waals surface area contributed by atoms with Gasteiger partial charge in [-0.05, 0) is 47.4 Å². The van der Waals surface area contributed by atoms with E-state index in [0.29, 0.717) is 23.3 Å². The number of hydrogen-bond donors (Lipinski definition) is 1. The molecule has 0 aliphatic heterocycles. The van der Waals surface area contributed by atoms with Crippen LogP contribution in [0.4, 0.5) is 5.82 Å². The van der Waals surface area contributed by atoms with Crippen LogP contribution in [0.1, 0.15) is 30.9 Å². The second-order valence-electron chi connectivity index (χ2n) is 7.58. The summed E-state index contributed by atoms with van der Waals surface area (Å²) in [6.07, 6.45) is 3.54. The zero-order valence-corrected chi connectivity index (χ0v) is 19.0. The highest BCUT2D eigenvalue weighted by molar-refractivity contribution is 7.92. The molecule has 10 heteroatoms. The van der Waals surface area contributed by atoms with Crippen LogP contribution in [0, 0.1) is 0 Å². The van der Waals surface area contributed by atoms with E-state index in [9.17, 15) is 8.42 Å². The maximum Gasteiger partial charge on any atom is 0.266 e. The number of rotatable bonds is 8. The van der Waals surface area contributed by atoms with E-state index < -0.39 is 10.0 Å². The molecule has 1 N–H and O–H groups in total. The van der Waals surface area contributed by atoms with Crippen molar-refractivity contribution in [3.8, 4) is 11.5 Å². The molecule has 4 aromatic rings. The molecule has 2 aromatic heterocycles. The topological polar surface area (TPSA) is 108 Å². The lowest BCUT2D eigenvalue weighted by Crippen LogP contribution is -2.15. The molecule has 0 atom stereocenters. The Morgan fingerprint density at radius 1 is 1.12 bits per heavy atom. The molecule has 0 radical (unpaired) electrons. The summed E-state index contributed by atoms with van der Waals surface area (Å²) < 4.78 is 47.0. The van der Waals surface area contributed by atoms with E-state index in [1.165, 1.54) is 14.2 Å². The fraction of sp³-hybridized carbons (Fsp3) is 0.273. The number of sulfonamides is 1. The number of aromatic nitrogens is 3. The summed E-state index contributed by atoms with van der Waals surface area (Å²) in [6.45, 7) is 4.48. The Bertz CT molecular complexity index is 1340. The minimum atomic E-state index is -4.02. The molecule has 0 amide bonds. The molecule has 0 aliphatic carbocycles. The zero-order chi connectivity index (χ0) is 22.9. The molecule has 32 heavy (non-hydrogen) atoms. The smallest absolute Gasteiger partial charge is 0.266 e. The first-order chi connectivity index (χ1) is 15.3. The third-order valence-electron chi connectivity index (χ3n) is 5.10. The minimum absolute atomic E-state index is 0.0246. The molecular weight excluding hydrogens is 432 g/mol. The second kappa shape index (κ2) is 8.54. The highest BCUT2D eigenvalue weighted by atomic mass is 32.2. The molecule has 168 valence electrons.